The minimum absolute atomic E-state index is 0.121. The molecule has 0 aliphatic rings. The lowest BCUT2D eigenvalue weighted by Crippen LogP contribution is -2.11. The highest BCUT2D eigenvalue weighted by Gasteiger charge is 2.17. The molecule has 0 bridgehead atoms. The van der Waals surface area contributed by atoms with Gasteiger partial charge in [0.05, 0.1) is 0 Å². The molecule has 3 N–H and O–H groups in total. The Balaban J connectivity index is 0.000000142. The van der Waals surface area contributed by atoms with Crippen LogP contribution in [0.5, 0.6) is 0 Å². The fourth-order valence-electron chi connectivity index (χ4n) is 7.25. The van der Waals surface area contributed by atoms with Gasteiger partial charge in [-0.15, -0.1) is 0 Å². The molecule has 6 nitrogen and oxygen atoms in total. The molecule has 0 saturated heterocycles. The highest BCUT2D eigenvalue weighted by Crippen LogP contribution is 2.32. The summed E-state index contributed by atoms with van der Waals surface area (Å²) in [5.74, 6) is 2.62. The Hall–Kier alpha value is -7.05. The van der Waals surface area contributed by atoms with E-state index in [1.807, 2.05) is 110 Å². The number of pyridine rings is 3. The van der Waals surface area contributed by atoms with Crippen molar-refractivity contribution in [3.05, 3.63) is 199 Å². The molecule has 3 aromatic heterocycles. The summed E-state index contributed by atoms with van der Waals surface area (Å²) in [6.45, 7) is 20.1. The van der Waals surface area contributed by atoms with Crippen molar-refractivity contribution in [2.45, 2.75) is 78.6 Å². The third-order valence-electron chi connectivity index (χ3n) is 10.9. The van der Waals surface area contributed by atoms with Crippen LogP contribution in [0.25, 0.3) is 32.3 Å². The molecule has 0 radical (unpaired) electrons. The van der Waals surface area contributed by atoms with Gasteiger partial charge in [-0.3, -0.25) is 0 Å². The standard InChI is InChI=1S/3C19H20N2/c1-19(2,3)17-11-7-8-14-12-18(20-13-16(14)17)21-15-9-5-4-6-10-15;1-19(2,3)16-10-9-14-13-20-18(12-15(14)11-16)21-17-7-5-4-6-8-17;1-19(2,3)16-10-9-14-12-18(20-13-15(14)11-16)21-17-7-5-4-6-8-17/h3*4-13H,1-3H3,(H,20,21). The van der Waals surface area contributed by atoms with E-state index in [0.717, 1.165) is 34.5 Å². The number of benzene rings is 6. The minimum Gasteiger partial charge on any atom is -0.340 e. The Morgan fingerprint density at radius 2 is 0.730 bits per heavy atom. The smallest absolute Gasteiger partial charge is 0.130 e. The average molecular weight is 829 g/mol. The van der Waals surface area contributed by atoms with Gasteiger partial charge in [0.15, 0.2) is 0 Å². The summed E-state index contributed by atoms with van der Waals surface area (Å²) in [5, 5.41) is 17.2. The van der Waals surface area contributed by atoms with Crippen LogP contribution in [0.3, 0.4) is 0 Å². The summed E-state index contributed by atoms with van der Waals surface area (Å²) >= 11 is 0. The lowest BCUT2D eigenvalue weighted by atomic mass is 9.84. The topological polar surface area (TPSA) is 74.8 Å². The number of nitrogens with zero attached hydrogens (tertiary/aromatic N) is 3. The van der Waals surface area contributed by atoms with Gasteiger partial charge in [0.2, 0.25) is 0 Å². The number of rotatable bonds is 6. The Morgan fingerprint density at radius 1 is 0.317 bits per heavy atom. The van der Waals surface area contributed by atoms with E-state index >= 15 is 0 Å². The highest BCUT2D eigenvalue weighted by atomic mass is 15.0. The van der Waals surface area contributed by atoms with Crippen LogP contribution >= 0.6 is 0 Å². The predicted molar refractivity (Wildman–Crippen MR) is 271 cm³/mol. The molecule has 63 heavy (non-hydrogen) atoms. The van der Waals surface area contributed by atoms with Gasteiger partial charge in [0.1, 0.15) is 17.5 Å². The van der Waals surface area contributed by atoms with E-state index in [-0.39, 0.29) is 16.2 Å². The van der Waals surface area contributed by atoms with Crippen LogP contribution in [-0.4, -0.2) is 15.0 Å². The predicted octanol–water partition coefficient (Wildman–Crippen LogP) is 15.8. The van der Waals surface area contributed by atoms with Crippen LogP contribution in [-0.2, 0) is 16.2 Å². The van der Waals surface area contributed by atoms with Gasteiger partial charge in [-0.1, -0.05) is 165 Å². The summed E-state index contributed by atoms with van der Waals surface area (Å²) in [5.41, 5.74) is 7.60. The Labute approximate surface area is 373 Å². The van der Waals surface area contributed by atoms with Crippen LogP contribution in [0.15, 0.2) is 182 Å². The largest absolute Gasteiger partial charge is 0.340 e. The van der Waals surface area contributed by atoms with Gasteiger partial charge in [-0.25, -0.2) is 15.0 Å². The number of nitrogens with one attached hydrogen (secondary N) is 3. The molecule has 0 fully saturated rings. The number of hydrogen-bond acceptors (Lipinski definition) is 6. The average Bonchev–Trinajstić information content (AvgIpc) is 3.26. The number of hydrogen-bond donors (Lipinski definition) is 3. The number of fused-ring (bicyclic) bond motifs is 3. The first-order valence-electron chi connectivity index (χ1n) is 21.7. The fourth-order valence-corrected chi connectivity index (χ4v) is 7.25. The SMILES string of the molecule is CC(C)(C)c1ccc2cc(Nc3ccccc3)ncc2c1.CC(C)(C)c1ccc2cnc(Nc3ccccc3)cc2c1.CC(C)(C)c1cccc2cc(Nc3ccccc3)ncc12. The normalized spacial score (nSPS) is 11.6. The molecule has 9 aromatic rings. The third kappa shape index (κ3) is 11.9. The molecule has 0 amide bonds. The Kier molecular flexibility index (Phi) is 13.2. The van der Waals surface area contributed by atoms with Crippen LogP contribution in [0, 0.1) is 0 Å². The molecule has 9 rings (SSSR count). The third-order valence-corrected chi connectivity index (χ3v) is 10.9. The zero-order chi connectivity index (χ0) is 44.6. The molecule has 0 saturated carbocycles. The van der Waals surface area contributed by atoms with Crippen LogP contribution in [0.1, 0.15) is 79.0 Å². The fraction of sp³-hybridized carbons (Fsp3) is 0.211. The van der Waals surface area contributed by atoms with Crippen molar-refractivity contribution >= 4 is 66.8 Å². The van der Waals surface area contributed by atoms with Gasteiger partial charge in [0.25, 0.3) is 0 Å². The van der Waals surface area contributed by atoms with Crippen molar-refractivity contribution in [1.82, 2.24) is 15.0 Å². The number of anilines is 6. The molecule has 3 heterocycles. The van der Waals surface area contributed by atoms with Crippen molar-refractivity contribution in [2.24, 2.45) is 0 Å². The first-order chi connectivity index (χ1) is 30.1. The summed E-state index contributed by atoms with van der Waals surface area (Å²) < 4.78 is 0. The lowest BCUT2D eigenvalue weighted by Gasteiger charge is -2.21. The van der Waals surface area contributed by atoms with Gasteiger partial charge < -0.3 is 16.0 Å². The quantitative estimate of drug-likeness (QED) is 0.155. The van der Waals surface area contributed by atoms with E-state index in [1.54, 1.807) is 0 Å². The van der Waals surface area contributed by atoms with Crippen molar-refractivity contribution in [1.29, 1.82) is 0 Å². The van der Waals surface area contributed by atoms with Gasteiger partial charge in [-0.05, 0) is 110 Å². The second-order valence-electron chi connectivity index (χ2n) is 19.1. The lowest BCUT2D eigenvalue weighted by molar-refractivity contribution is 0.591. The molecule has 6 aromatic carbocycles. The molecule has 0 aliphatic heterocycles. The van der Waals surface area contributed by atoms with E-state index in [0.29, 0.717) is 0 Å². The monoisotopic (exact) mass is 828 g/mol. The Bertz CT molecular complexity index is 2860. The number of para-hydroxylation sites is 3. The molecule has 0 atom stereocenters. The molecule has 0 aliphatic carbocycles. The molecule has 0 spiro atoms. The zero-order valence-corrected chi connectivity index (χ0v) is 38.2. The van der Waals surface area contributed by atoms with E-state index in [4.69, 9.17) is 0 Å². The summed E-state index contributed by atoms with van der Waals surface area (Å²) in [7, 11) is 0. The maximum Gasteiger partial charge on any atom is 0.130 e. The second kappa shape index (κ2) is 18.9. The molecule has 318 valence electrons. The summed E-state index contributed by atoms with van der Waals surface area (Å²) in [6.07, 6.45) is 5.84. The van der Waals surface area contributed by atoms with Crippen molar-refractivity contribution < 1.29 is 0 Å². The highest BCUT2D eigenvalue weighted by molar-refractivity contribution is 5.89. The van der Waals surface area contributed by atoms with Gasteiger partial charge in [0, 0.05) is 51.8 Å². The van der Waals surface area contributed by atoms with Crippen molar-refractivity contribution in [3.63, 3.8) is 0 Å². The van der Waals surface area contributed by atoms with Crippen LogP contribution in [0.2, 0.25) is 0 Å². The summed E-state index contributed by atoms with van der Waals surface area (Å²) in [6, 6.07) is 56.3. The maximum absolute atomic E-state index is 4.57. The van der Waals surface area contributed by atoms with Gasteiger partial charge >= 0.3 is 0 Å². The Morgan fingerprint density at radius 3 is 1.21 bits per heavy atom. The van der Waals surface area contributed by atoms with E-state index in [9.17, 15) is 0 Å². The molecular formula is C57H60N6. The first-order valence-corrected chi connectivity index (χ1v) is 21.7. The maximum atomic E-state index is 4.57. The van der Waals surface area contributed by atoms with E-state index in [2.05, 4.69) is 166 Å². The van der Waals surface area contributed by atoms with E-state index in [1.165, 1.54) is 49.0 Å². The van der Waals surface area contributed by atoms with Gasteiger partial charge in [-0.2, -0.15) is 0 Å². The van der Waals surface area contributed by atoms with E-state index < -0.39 is 0 Å². The zero-order valence-electron chi connectivity index (χ0n) is 38.2. The molecule has 6 heteroatoms. The second-order valence-corrected chi connectivity index (χ2v) is 19.1. The van der Waals surface area contributed by atoms with Crippen LogP contribution in [0.4, 0.5) is 34.5 Å². The van der Waals surface area contributed by atoms with Crippen molar-refractivity contribution in [2.75, 3.05) is 16.0 Å². The minimum atomic E-state index is 0.121. The number of aromatic nitrogens is 3. The first kappa shape index (κ1) is 44.0. The summed E-state index contributed by atoms with van der Waals surface area (Å²) in [4.78, 5) is 13.6. The molecule has 0 unspecified atom stereocenters. The molecular weight excluding hydrogens is 769 g/mol. The van der Waals surface area contributed by atoms with Crippen molar-refractivity contribution in [3.8, 4) is 0 Å². The van der Waals surface area contributed by atoms with Crippen LogP contribution < -0.4 is 16.0 Å².